The van der Waals surface area contributed by atoms with Crippen molar-refractivity contribution in [3.05, 3.63) is 0 Å². The van der Waals surface area contributed by atoms with Gasteiger partial charge in [0.15, 0.2) is 0 Å². The summed E-state index contributed by atoms with van der Waals surface area (Å²) in [6.45, 7) is 6.78. The maximum atomic E-state index is 5.89. The number of rotatable bonds is 3. The monoisotopic (exact) mass is 197 g/mol. The molecule has 1 aliphatic rings. The Morgan fingerprint density at radius 2 is 1.92 bits per heavy atom. The summed E-state index contributed by atoms with van der Waals surface area (Å²) in [5, 5.41) is 0. The van der Waals surface area contributed by atoms with Crippen LogP contribution in [0.3, 0.4) is 0 Å². The Hall–Kier alpha value is 0.375. The molecule has 1 heterocycles. The highest BCUT2D eigenvalue weighted by atomic mass is 32.1. The van der Waals surface area contributed by atoms with E-state index in [1.165, 1.54) is 25.9 Å². The van der Waals surface area contributed by atoms with E-state index in [1.807, 2.05) is 0 Å². The summed E-state index contributed by atoms with van der Waals surface area (Å²) in [6, 6.07) is 0.623. The molecule has 0 aromatic carbocycles. The molecule has 0 aromatic heterocycles. The topological polar surface area (TPSA) is 3.24 Å². The van der Waals surface area contributed by atoms with E-state index in [0.717, 1.165) is 11.7 Å². The lowest BCUT2D eigenvalue weighted by atomic mass is 9.73. The van der Waals surface area contributed by atoms with E-state index in [1.54, 1.807) is 0 Å². The van der Waals surface area contributed by atoms with Crippen LogP contribution in [0, 0.1) is 5.92 Å². The number of piperidine rings is 1. The maximum absolute atomic E-state index is 5.89. The largest absolute Gasteiger partial charge is 0.300 e. The third kappa shape index (κ3) is 3.21. The normalized spacial score (nSPS) is 25.8. The van der Waals surface area contributed by atoms with Crippen LogP contribution in [-0.4, -0.2) is 37.6 Å². The molecule has 0 spiro atoms. The predicted octanol–water partition coefficient (Wildman–Crippen LogP) is 1.99. The van der Waals surface area contributed by atoms with Crippen molar-refractivity contribution in [2.24, 2.45) is 5.92 Å². The summed E-state index contributed by atoms with van der Waals surface area (Å²) < 4.78 is 0. The van der Waals surface area contributed by atoms with Gasteiger partial charge in [-0.1, -0.05) is 12.7 Å². The van der Waals surface area contributed by atoms with Crippen molar-refractivity contribution in [3.63, 3.8) is 0 Å². The van der Waals surface area contributed by atoms with Crippen LogP contribution in [0.1, 0.15) is 26.7 Å². The van der Waals surface area contributed by atoms with Gasteiger partial charge >= 0.3 is 0 Å². The first-order valence-corrected chi connectivity index (χ1v) is 5.89. The highest BCUT2D eigenvalue weighted by Gasteiger charge is 2.23. The Labute approximate surface area is 89.1 Å². The fraction of sp³-hybridized carbons (Fsp3) is 1.00. The first kappa shape index (κ1) is 11.4. The van der Waals surface area contributed by atoms with Crippen molar-refractivity contribution in [2.75, 3.05) is 18.8 Å². The number of thiol groups is 1. The Bertz CT molecular complexity index is 144. The number of hydrogen-bond donors (Lipinski definition) is 1. The van der Waals surface area contributed by atoms with Crippen molar-refractivity contribution in [3.8, 4) is 0 Å². The van der Waals surface area contributed by atoms with Gasteiger partial charge in [0, 0.05) is 11.8 Å². The van der Waals surface area contributed by atoms with Gasteiger partial charge in [0.2, 0.25) is 0 Å². The molecule has 2 unspecified atom stereocenters. The Morgan fingerprint density at radius 1 is 1.38 bits per heavy atom. The van der Waals surface area contributed by atoms with E-state index < -0.39 is 0 Å². The maximum Gasteiger partial charge on any atom is 0.0699 e. The fourth-order valence-corrected chi connectivity index (χ4v) is 2.23. The molecule has 2 atom stereocenters. The molecule has 0 amide bonds. The molecule has 3 heteroatoms. The van der Waals surface area contributed by atoms with Crippen molar-refractivity contribution >= 4 is 20.5 Å². The Kier molecular flexibility index (Phi) is 4.67. The second kappa shape index (κ2) is 5.30. The quantitative estimate of drug-likeness (QED) is 0.535. The summed E-state index contributed by atoms with van der Waals surface area (Å²) in [7, 11) is 5.89. The lowest BCUT2D eigenvalue weighted by molar-refractivity contribution is 0.150. The van der Waals surface area contributed by atoms with E-state index in [4.69, 9.17) is 7.85 Å². The highest BCUT2D eigenvalue weighted by molar-refractivity contribution is 7.80. The molecule has 1 rings (SSSR count). The summed E-state index contributed by atoms with van der Waals surface area (Å²) in [5.74, 6) is 2.07. The second-order valence-corrected chi connectivity index (χ2v) is 4.63. The van der Waals surface area contributed by atoms with Crippen LogP contribution in [0.25, 0.3) is 0 Å². The summed E-state index contributed by atoms with van der Waals surface area (Å²) in [6.07, 6.45) is 2.52. The minimum absolute atomic E-state index is 0.369. The van der Waals surface area contributed by atoms with Gasteiger partial charge in [-0.2, -0.15) is 12.6 Å². The molecule has 1 fully saturated rings. The van der Waals surface area contributed by atoms with Crippen LogP contribution in [0.15, 0.2) is 0 Å². The first-order chi connectivity index (χ1) is 6.15. The van der Waals surface area contributed by atoms with E-state index in [0.29, 0.717) is 11.9 Å². The summed E-state index contributed by atoms with van der Waals surface area (Å²) in [4.78, 5) is 2.52. The zero-order valence-electron chi connectivity index (χ0n) is 8.74. The molecular weight excluding hydrogens is 177 g/mol. The summed E-state index contributed by atoms with van der Waals surface area (Å²) >= 11 is 4.32. The van der Waals surface area contributed by atoms with Crippen LogP contribution < -0.4 is 0 Å². The molecule has 1 nitrogen and oxygen atoms in total. The van der Waals surface area contributed by atoms with Gasteiger partial charge in [-0.25, -0.2) is 0 Å². The highest BCUT2D eigenvalue weighted by Crippen LogP contribution is 2.27. The third-order valence-corrected chi connectivity index (χ3v) is 3.73. The predicted molar refractivity (Wildman–Crippen MR) is 62.8 cm³/mol. The van der Waals surface area contributed by atoms with Crippen molar-refractivity contribution < 1.29 is 0 Å². The molecule has 0 aromatic rings. The van der Waals surface area contributed by atoms with Gasteiger partial charge in [-0.15, -0.1) is 0 Å². The first-order valence-electron chi connectivity index (χ1n) is 5.25. The van der Waals surface area contributed by atoms with Gasteiger partial charge in [0.05, 0.1) is 7.85 Å². The zero-order chi connectivity index (χ0) is 9.84. The molecule has 74 valence electrons. The molecule has 0 bridgehead atoms. The number of likely N-dealkylation sites (tertiary alicyclic amines) is 1. The van der Waals surface area contributed by atoms with Crippen LogP contribution in [-0.2, 0) is 0 Å². The lowest BCUT2D eigenvalue weighted by Crippen LogP contribution is -2.41. The summed E-state index contributed by atoms with van der Waals surface area (Å²) in [5.41, 5.74) is 0. The van der Waals surface area contributed by atoms with E-state index in [2.05, 4.69) is 31.4 Å². The van der Waals surface area contributed by atoms with Gasteiger partial charge < -0.3 is 0 Å². The van der Waals surface area contributed by atoms with Crippen LogP contribution in [0.2, 0.25) is 5.82 Å². The lowest BCUT2D eigenvalue weighted by Gasteiger charge is -2.37. The van der Waals surface area contributed by atoms with E-state index in [9.17, 15) is 0 Å². The number of hydrogen-bond acceptors (Lipinski definition) is 2. The molecule has 0 N–H and O–H groups in total. The van der Waals surface area contributed by atoms with Gasteiger partial charge in [0.1, 0.15) is 0 Å². The molecule has 0 saturated carbocycles. The smallest absolute Gasteiger partial charge is 0.0699 e. The minimum Gasteiger partial charge on any atom is -0.300 e. The second-order valence-electron chi connectivity index (χ2n) is 4.26. The minimum atomic E-state index is 0.369. The van der Waals surface area contributed by atoms with Crippen molar-refractivity contribution in [1.82, 2.24) is 4.90 Å². The number of nitrogens with zero attached hydrogens (tertiary/aromatic N) is 1. The average molecular weight is 197 g/mol. The molecule has 1 saturated heterocycles. The Morgan fingerprint density at radius 3 is 2.31 bits per heavy atom. The van der Waals surface area contributed by atoms with E-state index >= 15 is 0 Å². The molecule has 2 radical (unpaired) electrons. The third-order valence-electron chi connectivity index (χ3n) is 3.21. The van der Waals surface area contributed by atoms with Crippen LogP contribution in [0.4, 0.5) is 0 Å². The zero-order valence-corrected chi connectivity index (χ0v) is 9.63. The Balaban J connectivity index is 2.30. The van der Waals surface area contributed by atoms with Gasteiger partial charge in [-0.05, 0) is 38.8 Å². The standard InChI is InChI=1S/C10H20BNS/c1-8(7-13)12-5-3-10(4-6-12)9(2)11/h8-10,13H,3-7H2,1-2H3. The van der Waals surface area contributed by atoms with Gasteiger partial charge in [-0.3, -0.25) is 4.90 Å². The van der Waals surface area contributed by atoms with E-state index in [-0.39, 0.29) is 0 Å². The average Bonchev–Trinajstić information content (AvgIpc) is 2.17. The molecular formula is C10H20BNS. The van der Waals surface area contributed by atoms with Crippen LogP contribution >= 0.6 is 12.6 Å². The van der Waals surface area contributed by atoms with Gasteiger partial charge in [0.25, 0.3) is 0 Å². The van der Waals surface area contributed by atoms with Crippen molar-refractivity contribution in [2.45, 2.75) is 38.5 Å². The SMILES string of the molecule is [B]C(C)C1CCN(C(C)CS)CC1. The molecule has 1 aliphatic heterocycles. The van der Waals surface area contributed by atoms with Crippen LogP contribution in [0.5, 0.6) is 0 Å². The van der Waals surface area contributed by atoms with Crippen molar-refractivity contribution in [1.29, 1.82) is 0 Å². The molecule has 0 aliphatic carbocycles. The fourth-order valence-electron chi connectivity index (χ4n) is 2.00. The molecule has 13 heavy (non-hydrogen) atoms.